The molecule has 4 heteroatoms. The van der Waals surface area contributed by atoms with Gasteiger partial charge in [0.05, 0.1) is 5.37 Å². The van der Waals surface area contributed by atoms with Gasteiger partial charge in [-0.3, -0.25) is 0 Å². The van der Waals surface area contributed by atoms with E-state index in [9.17, 15) is 0 Å². The Balaban J connectivity index is 1.64. The van der Waals surface area contributed by atoms with Crippen LogP contribution in [-0.2, 0) is 0 Å². The molecule has 0 radical (unpaired) electrons. The lowest BCUT2D eigenvalue weighted by Crippen LogP contribution is -2.54. The summed E-state index contributed by atoms with van der Waals surface area (Å²) in [5.74, 6) is 3.09. The summed E-state index contributed by atoms with van der Waals surface area (Å²) in [6, 6.07) is 0. The van der Waals surface area contributed by atoms with Crippen molar-refractivity contribution >= 4 is 28.3 Å². The number of nitrogens with one attached hydrogen (secondary N) is 2. The van der Waals surface area contributed by atoms with Crippen LogP contribution in [0.1, 0.15) is 38.5 Å². The fourth-order valence-electron chi connectivity index (χ4n) is 5.07. The first kappa shape index (κ1) is 10.2. The minimum Gasteiger partial charge on any atom is -0.306 e. The van der Waals surface area contributed by atoms with Gasteiger partial charge in [-0.05, 0) is 61.7 Å². The first-order valence-electron chi connectivity index (χ1n) is 6.46. The van der Waals surface area contributed by atoms with Crippen molar-refractivity contribution in [1.29, 1.82) is 0 Å². The smallest absolute Gasteiger partial charge is 0.149 e. The molecule has 1 aliphatic heterocycles. The molecule has 0 amide bonds. The Kier molecular flexibility index (Phi) is 2.13. The first-order valence-corrected chi connectivity index (χ1v) is 7.74. The van der Waals surface area contributed by atoms with Crippen LogP contribution in [0.15, 0.2) is 0 Å². The molecular weight excluding hydrogens is 236 g/mol. The number of hydrogen-bond acceptors (Lipinski definition) is 3. The Labute approximate surface area is 106 Å². The second-order valence-corrected chi connectivity index (χ2v) is 8.12. The molecule has 5 rings (SSSR count). The maximum atomic E-state index is 5.24. The highest BCUT2D eigenvalue weighted by Gasteiger charge is 2.55. The van der Waals surface area contributed by atoms with Crippen molar-refractivity contribution in [2.75, 3.05) is 0 Å². The van der Waals surface area contributed by atoms with Crippen LogP contribution in [0.3, 0.4) is 0 Å². The molecule has 2 N–H and O–H groups in total. The lowest BCUT2D eigenvalue weighted by molar-refractivity contribution is -0.0577. The molecule has 2 nitrogen and oxygen atoms in total. The Morgan fingerprint density at radius 2 is 1.62 bits per heavy atom. The van der Waals surface area contributed by atoms with E-state index in [0.29, 0.717) is 10.8 Å². The standard InChI is InChI=1S/C12H18N2S2/c15-11-14-13-10(16-11)12-4-7-1-8(5-12)3-9(2-7)6-12/h7-10,13H,1-6H2,(H,14,15). The van der Waals surface area contributed by atoms with Crippen LogP contribution in [0, 0.1) is 23.2 Å². The molecule has 5 fully saturated rings. The van der Waals surface area contributed by atoms with Crippen LogP contribution in [0.4, 0.5) is 0 Å². The zero-order chi connectivity index (χ0) is 10.8. The van der Waals surface area contributed by atoms with Crippen LogP contribution >= 0.6 is 24.0 Å². The van der Waals surface area contributed by atoms with E-state index in [4.69, 9.17) is 12.2 Å². The molecule has 0 aromatic carbocycles. The third-order valence-electron chi connectivity index (χ3n) is 5.17. The fourth-order valence-corrected chi connectivity index (χ4v) is 6.40. The van der Waals surface area contributed by atoms with Gasteiger partial charge in [-0.2, -0.15) is 0 Å². The molecule has 4 aliphatic carbocycles. The van der Waals surface area contributed by atoms with Crippen molar-refractivity contribution < 1.29 is 0 Å². The van der Waals surface area contributed by atoms with E-state index in [0.717, 1.165) is 22.1 Å². The molecule has 1 heterocycles. The lowest BCUT2D eigenvalue weighted by Gasteiger charge is -2.58. The van der Waals surface area contributed by atoms with Gasteiger partial charge in [0, 0.05) is 0 Å². The van der Waals surface area contributed by atoms with Crippen LogP contribution in [-0.4, -0.2) is 9.69 Å². The molecule has 88 valence electrons. The third-order valence-corrected chi connectivity index (χ3v) is 6.73. The van der Waals surface area contributed by atoms with E-state index in [2.05, 4.69) is 10.9 Å². The van der Waals surface area contributed by atoms with Gasteiger partial charge in [0.25, 0.3) is 0 Å². The number of hydrazine groups is 1. The quantitative estimate of drug-likeness (QED) is 0.703. The van der Waals surface area contributed by atoms with E-state index < -0.39 is 0 Å². The van der Waals surface area contributed by atoms with Crippen LogP contribution in [0.5, 0.6) is 0 Å². The third kappa shape index (κ3) is 1.39. The maximum Gasteiger partial charge on any atom is 0.149 e. The molecule has 5 aliphatic rings. The summed E-state index contributed by atoms with van der Waals surface area (Å²) in [4.78, 5) is 0. The predicted octanol–water partition coefficient (Wildman–Crippen LogP) is 2.65. The topological polar surface area (TPSA) is 24.1 Å². The highest BCUT2D eigenvalue weighted by Crippen LogP contribution is 2.62. The second kappa shape index (κ2) is 3.36. The Morgan fingerprint density at radius 1 is 1.06 bits per heavy atom. The average molecular weight is 254 g/mol. The Hall–Kier alpha value is 0.200. The zero-order valence-electron chi connectivity index (χ0n) is 9.37. The average Bonchev–Trinajstić information content (AvgIpc) is 2.63. The minimum absolute atomic E-state index is 0.549. The highest BCUT2D eigenvalue weighted by atomic mass is 32.2. The molecule has 0 spiro atoms. The molecule has 0 aromatic heterocycles. The lowest BCUT2D eigenvalue weighted by atomic mass is 9.49. The van der Waals surface area contributed by atoms with Crippen molar-refractivity contribution in [3.05, 3.63) is 0 Å². The van der Waals surface area contributed by atoms with E-state index in [1.165, 1.54) is 38.5 Å². The Morgan fingerprint density at radius 3 is 2.06 bits per heavy atom. The highest BCUT2D eigenvalue weighted by molar-refractivity contribution is 8.23. The largest absolute Gasteiger partial charge is 0.306 e. The van der Waals surface area contributed by atoms with E-state index in [1.54, 1.807) is 0 Å². The number of thioether (sulfide) groups is 1. The molecule has 0 aromatic rings. The number of rotatable bonds is 1. The van der Waals surface area contributed by atoms with Crippen molar-refractivity contribution in [1.82, 2.24) is 10.9 Å². The minimum atomic E-state index is 0.549. The molecule has 16 heavy (non-hydrogen) atoms. The SMILES string of the molecule is S=C1NNC(C23CC4CC(CC(C4)C2)C3)S1. The second-order valence-electron chi connectivity index (χ2n) is 6.33. The monoisotopic (exact) mass is 254 g/mol. The summed E-state index contributed by atoms with van der Waals surface area (Å²) < 4.78 is 0.945. The van der Waals surface area contributed by atoms with Gasteiger partial charge in [0.1, 0.15) is 4.32 Å². The van der Waals surface area contributed by atoms with Crippen LogP contribution < -0.4 is 10.9 Å². The van der Waals surface area contributed by atoms with Crippen molar-refractivity contribution in [3.8, 4) is 0 Å². The van der Waals surface area contributed by atoms with Gasteiger partial charge in [-0.25, -0.2) is 5.43 Å². The molecule has 4 bridgehead atoms. The summed E-state index contributed by atoms with van der Waals surface area (Å²) >= 11 is 7.10. The van der Waals surface area contributed by atoms with E-state index in [-0.39, 0.29) is 0 Å². The number of hydrogen-bond donors (Lipinski definition) is 2. The van der Waals surface area contributed by atoms with Crippen LogP contribution in [0.2, 0.25) is 0 Å². The van der Waals surface area contributed by atoms with Gasteiger partial charge in [-0.15, -0.1) is 0 Å². The van der Waals surface area contributed by atoms with E-state index >= 15 is 0 Å². The fraction of sp³-hybridized carbons (Fsp3) is 0.917. The molecular formula is C12H18N2S2. The molecule has 4 saturated carbocycles. The van der Waals surface area contributed by atoms with Gasteiger partial charge < -0.3 is 5.43 Å². The number of thiocarbonyl (C=S) groups is 1. The van der Waals surface area contributed by atoms with Crippen molar-refractivity contribution in [2.24, 2.45) is 23.2 Å². The van der Waals surface area contributed by atoms with Gasteiger partial charge >= 0.3 is 0 Å². The molecule has 1 saturated heterocycles. The normalized spacial score (nSPS) is 54.4. The van der Waals surface area contributed by atoms with Crippen molar-refractivity contribution in [2.45, 2.75) is 43.9 Å². The zero-order valence-corrected chi connectivity index (χ0v) is 11.0. The summed E-state index contributed by atoms with van der Waals surface area (Å²) in [6.45, 7) is 0. The molecule has 1 unspecified atom stereocenters. The summed E-state index contributed by atoms with van der Waals surface area (Å²) in [7, 11) is 0. The Bertz CT molecular complexity index is 307. The summed E-state index contributed by atoms with van der Waals surface area (Å²) in [5.41, 5.74) is 7.14. The van der Waals surface area contributed by atoms with Gasteiger partial charge in [0.2, 0.25) is 0 Å². The van der Waals surface area contributed by atoms with Crippen LogP contribution in [0.25, 0.3) is 0 Å². The van der Waals surface area contributed by atoms with Gasteiger partial charge in [0.15, 0.2) is 0 Å². The van der Waals surface area contributed by atoms with Crippen molar-refractivity contribution in [3.63, 3.8) is 0 Å². The van der Waals surface area contributed by atoms with E-state index in [1.807, 2.05) is 11.8 Å². The molecule has 1 atom stereocenters. The van der Waals surface area contributed by atoms with Gasteiger partial charge in [-0.1, -0.05) is 24.0 Å². The maximum absolute atomic E-state index is 5.24. The predicted molar refractivity (Wildman–Crippen MR) is 70.9 cm³/mol. The summed E-state index contributed by atoms with van der Waals surface area (Å²) in [6.07, 6.45) is 8.92. The first-order chi connectivity index (χ1) is 7.73. The summed E-state index contributed by atoms with van der Waals surface area (Å²) in [5, 5.41) is 0.549.